The van der Waals surface area contributed by atoms with Crippen molar-refractivity contribution in [1.29, 1.82) is 0 Å². The first-order valence-corrected chi connectivity index (χ1v) is 14.7. The molecule has 0 fully saturated rings. The first kappa shape index (κ1) is 28.9. The second-order valence-electron chi connectivity index (χ2n) is 10.4. The monoisotopic (exact) mass is 635 g/mol. The number of nitrogens with zero attached hydrogens (tertiary/aromatic N) is 3. The predicted molar refractivity (Wildman–Crippen MR) is 164 cm³/mol. The lowest BCUT2D eigenvalue weighted by Crippen LogP contribution is -2.41. The van der Waals surface area contributed by atoms with E-state index in [1.807, 2.05) is 0 Å². The number of ketones is 1. The summed E-state index contributed by atoms with van der Waals surface area (Å²) in [6.07, 6.45) is 0.766. The summed E-state index contributed by atoms with van der Waals surface area (Å²) in [6, 6.07) is 20.4. The van der Waals surface area contributed by atoms with Crippen LogP contribution < -0.4 is 10.4 Å². The van der Waals surface area contributed by atoms with Crippen molar-refractivity contribution in [3.8, 4) is 11.4 Å². The van der Waals surface area contributed by atoms with Gasteiger partial charge in [0.15, 0.2) is 5.78 Å². The van der Waals surface area contributed by atoms with E-state index in [1.54, 1.807) is 59.0 Å². The molecule has 7 nitrogen and oxygen atoms in total. The van der Waals surface area contributed by atoms with Crippen LogP contribution in [0.25, 0.3) is 5.69 Å². The molecule has 0 saturated heterocycles. The number of benzene rings is 3. The molecule has 0 N–H and O–H groups in total. The van der Waals surface area contributed by atoms with E-state index in [4.69, 9.17) is 16.3 Å². The number of Topliss-reactive ketones (excluding diaryl/α,β-unsaturated/α-hetero) is 1. The molecule has 0 spiro atoms. The van der Waals surface area contributed by atoms with E-state index in [9.17, 15) is 14.4 Å². The summed E-state index contributed by atoms with van der Waals surface area (Å²) in [7, 11) is 1.57. The van der Waals surface area contributed by atoms with Crippen LogP contribution in [0.2, 0.25) is 5.02 Å². The summed E-state index contributed by atoms with van der Waals surface area (Å²) in [5, 5.41) is 0.438. The van der Waals surface area contributed by atoms with Crippen LogP contribution in [0.1, 0.15) is 63.9 Å². The Morgan fingerprint density at radius 1 is 1.00 bits per heavy atom. The van der Waals surface area contributed by atoms with E-state index in [0.717, 1.165) is 5.56 Å². The lowest BCUT2D eigenvalue weighted by atomic mass is 9.99. The van der Waals surface area contributed by atoms with E-state index < -0.39 is 0 Å². The molecule has 0 radical (unpaired) electrons. The molecule has 41 heavy (non-hydrogen) atoms. The smallest absolute Gasteiger partial charge is 0.333 e. The topological polar surface area (TPSA) is 73.5 Å². The third kappa shape index (κ3) is 5.90. The number of halogens is 2. The molecule has 1 aromatic heterocycles. The van der Waals surface area contributed by atoms with Gasteiger partial charge in [-0.25, -0.2) is 4.79 Å². The van der Waals surface area contributed by atoms with E-state index in [-0.39, 0.29) is 36.9 Å². The van der Waals surface area contributed by atoms with Crippen LogP contribution in [0.3, 0.4) is 0 Å². The van der Waals surface area contributed by atoms with Gasteiger partial charge in [-0.15, -0.1) is 0 Å². The fourth-order valence-corrected chi connectivity index (χ4v) is 5.57. The van der Waals surface area contributed by atoms with Crippen molar-refractivity contribution < 1.29 is 14.3 Å². The Morgan fingerprint density at radius 2 is 1.71 bits per heavy atom. The molecule has 1 aliphatic heterocycles. The molecular formula is C32H31BrClN3O4. The van der Waals surface area contributed by atoms with Gasteiger partial charge in [-0.05, 0) is 81.9 Å². The van der Waals surface area contributed by atoms with Crippen LogP contribution in [0.4, 0.5) is 0 Å². The molecule has 1 amide bonds. The maximum atomic E-state index is 13.9. The van der Waals surface area contributed by atoms with Crippen molar-refractivity contribution >= 4 is 39.2 Å². The molecule has 0 bridgehead atoms. The highest BCUT2D eigenvalue weighted by atomic mass is 79.9. The van der Waals surface area contributed by atoms with Crippen molar-refractivity contribution in [1.82, 2.24) is 14.0 Å². The number of aromatic nitrogens is 2. The summed E-state index contributed by atoms with van der Waals surface area (Å²) in [6.45, 7) is 5.04. The summed E-state index contributed by atoms with van der Waals surface area (Å²) in [5.41, 5.74) is 3.86. The molecular weight excluding hydrogens is 606 g/mol. The molecule has 0 atom stereocenters. The Hall–Kier alpha value is -3.62. The van der Waals surface area contributed by atoms with Gasteiger partial charge in [0.2, 0.25) is 0 Å². The minimum atomic E-state index is -0.298. The average molecular weight is 637 g/mol. The van der Waals surface area contributed by atoms with Crippen LogP contribution >= 0.6 is 27.5 Å². The molecule has 2 heterocycles. The summed E-state index contributed by atoms with van der Waals surface area (Å²) in [4.78, 5) is 42.7. The zero-order valence-electron chi connectivity index (χ0n) is 23.2. The molecule has 0 unspecified atom stereocenters. The quantitative estimate of drug-likeness (QED) is 0.203. The predicted octanol–water partition coefficient (Wildman–Crippen LogP) is 6.66. The molecule has 1 aliphatic rings. The number of hydrogen-bond donors (Lipinski definition) is 0. The first-order valence-electron chi connectivity index (χ1n) is 13.5. The lowest BCUT2D eigenvalue weighted by molar-refractivity contribution is 0.0707. The fourth-order valence-electron chi connectivity index (χ4n) is 5.15. The van der Waals surface area contributed by atoms with Gasteiger partial charge >= 0.3 is 5.69 Å². The van der Waals surface area contributed by atoms with E-state index in [1.165, 1.54) is 10.1 Å². The Kier molecular flexibility index (Phi) is 8.52. The lowest BCUT2D eigenvalue weighted by Gasteiger charge is -2.28. The number of aryl methyl sites for hydroxylation is 1. The van der Waals surface area contributed by atoms with Gasteiger partial charge in [-0.2, -0.15) is 0 Å². The van der Waals surface area contributed by atoms with Gasteiger partial charge in [0.25, 0.3) is 5.91 Å². The molecule has 4 aromatic rings. The van der Waals surface area contributed by atoms with Crippen molar-refractivity contribution in [2.45, 2.75) is 45.7 Å². The number of carbonyl (C=O) groups is 2. The summed E-state index contributed by atoms with van der Waals surface area (Å²) in [5.74, 6) is 0.713. The van der Waals surface area contributed by atoms with Crippen molar-refractivity contribution in [2.75, 3.05) is 13.7 Å². The molecule has 0 aliphatic carbocycles. The zero-order valence-corrected chi connectivity index (χ0v) is 25.5. The molecule has 9 heteroatoms. The third-order valence-electron chi connectivity index (χ3n) is 7.51. The molecule has 3 aromatic carbocycles. The van der Waals surface area contributed by atoms with Crippen LogP contribution in [0.15, 0.2) is 76.0 Å². The SMILES string of the molecule is COc1ccc(-n2c(C(=O)CCc3ccc(C(C)C)cc3)c3n(c2=O)CCN(C(=O)c2ccc(Br)c(Cl)c2)C3)cc1. The average Bonchev–Trinajstić information content (AvgIpc) is 3.28. The zero-order chi connectivity index (χ0) is 29.3. The van der Waals surface area contributed by atoms with Gasteiger partial charge in [0.1, 0.15) is 11.4 Å². The number of hydrogen-bond acceptors (Lipinski definition) is 4. The molecule has 212 valence electrons. The molecule has 5 rings (SSSR count). The number of imidazole rings is 1. The van der Waals surface area contributed by atoms with Gasteiger partial charge < -0.3 is 9.64 Å². The van der Waals surface area contributed by atoms with Crippen molar-refractivity contribution in [3.05, 3.63) is 115 Å². The summed E-state index contributed by atoms with van der Waals surface area (Å²) < 4.78 is 9.08. The van der Waals surface area contributed by atoms with Crippen molar-refractivity contribution in [2.24, 2.45) is 0 Å². The van der Waals surface area contributed by atoms with Crippen LogP contribution in [-0.2, 0) is 19.5 Å². The maximum Gasteiger partial charge on any atom is 0.333 e. The van der Waals surface area contributed by atoms with Gasteiger partial charge in [0.05, 0.1) is 30.1 Å². The number of amides is 1. The highest BCUT2D eigenvalue weighted by Crippen LogP contribution is 2.27. The highest BCUT2D eigenvalue weighted by molar-refractivity contribution is 9.10. The van der Waals surface area contributed by atoms with Crippen LogP contribution in [0.5, 0.6) is 5.75 Å². The Labute approximate surface area is 252 Å². The number of rotatable bonds is 8. The second-order valence-corrected chi connectivity index (χ2v) is 11.7. The number of ether oxygens (including phenoxy) is 1. The van der Waals surface area contributed by atoms with Crippen molar-refractivity contribution in [3.63, 3.8) is 0 Å². The molecule has 0 saturated carbocycles. The minimum absolute atomic E-state index is 0.134. The van der Waals surface area contributed by atoms with Gasteiger partial charge in [-0.3, -0.25) is 18.7 Å². The van der Waals surface area contributed by atoms with E-state index >= 15 is 0 Å². The fraction of sp³-hybridized carbons (Fsp3) is 0.281. The summed E-state index contributed by atoms with van der Waals surface area (Å²) >= 11 is 9.61. The number of methoxy groups -OCH3 is 1. The second kappa shape index (κ2) is 12.1. The number of carbonyl (C=O) groups excluding carboxylic acids is 2. The minimum Gasteiger partial charge on any atom is -0.497 e. The van der Waals surface area contributed by atoms with Gasteiger partial charge in [0, 0.05) is 29.5 Å². The highest BCUT2D eigenvalue weighted by Gasteiger charge is 2.32. The van der Waals surface area contributed by atoms with E-state index in [2.05, 4.69) is 54.0 Å². The van der Waals surface area contributed by atoms with E-state index in [0.29, 0.717) is 56.8 Å². The maximum absolute atomic E-state index is 13.9. The third-order valence-corrected chi connectivity index (χ3v) is 8.75. The van der Waals surface area contributed by atoms with Crippen LogP contribution in [-0.4, -0.2) is 39.4 Å². The van der Waals surface area contributed by atoms with Gasteiger partial charge in [-0.1, -0.05) is 49.7 Å². The number of fused-ring (bicyclic) bond motifs is 1. The Morgan fingerprint density at radius 3 is 2.34 bits per heavy atom. The Bertz CT molecular complexity index is 1660. The first-order chi connectivity index (χ1) is 19.7. The Balaban J connectivity index is 1.50. The standard InChI is InChI=1S/C32H31BrClN3O4/c1-20(2)22-7-4-21(5-8-22)6-15-29(38)30-28-19-35(31(39)23-9-14-26(33)27(34)18-23)16-17-36(28)32(40)37(30)24-10-12-25(41-3)13-11-24/h4-5,7-14,18,20H,6,15-17,19H2,1-3H3. The van der Waals surface area contributed by atoms with Crippen LogP contribution in [0, 0.1) is 0 Å². The normalized spacial score (nSPS) is 12.9. The largest absolute Gasteiger partial charge is 0.497 e.